The van der Waals surface area contributed by atoms with E-state index >= 15 is 0 Å². The number of hydrogen-bond acceptors (Lipinski definition) is 2. The Kier molecular flexibility index (Phi) is 5.81. The fourth-order valence-corrected chi connectivity index (χ4v) is 4.05. The topological polar surface area (TPSA) is 29.3 Å². The number of nitrogens with two attached hydrogens (primary N) is 1. The molecule has 2 nitrogen and oxygen atoms in total. The molecule has 1 saturated carbocycles. The molecule has 1 aromatic rings. The molecule has 0 spiro atoms. The zero-order valence-corrected chi connectivity index (χ0v) is 14.6. The highest BCUT2D eigenvalue weighted by Crippen LogP contribution is 2.35. The van der Waals surface area contributed by atoms with Crippen LogP contribution in [-0.2, 0) is 6.42 Å². The zero-order chi connectivity index (χ0) is 15.5. The zero-order valence-electron chi connectivity index (χ0n) is 13.0. The second kappa shape index (κ2) is 7.21. The van der Waals surface area contributed by atoms with Crippen LogP contribution in [-0.4, -0.2) is 30.6 Å². The molecule has 0 radical (unpaired) electrons. The van der Waals surface area contributed by atoms with Gasteiger partial charge in [-0.1, -0.05) is 37.8 Å². The summed E-state index contributed by atoms with van der Waals surface area (Å²) in [5.41, 5.74) is 7.62. The van der Waals surface area contributed by atoms with E-state index in [0.717, 1.165) is 18.4 Å². The Labute approximate surface area is 136 Å². The van der Waals surface area contributed by atoms with Crippen molar-refractivity contribution in [2.45, 2.75) is 56.5 Å². The van der Waals surface area contributed by atoms with Crippen LogP contribution in [0.1, 0.15) is 44.1 Å². The van der Waals surface area contributed by atoms with Crippen LogP contribution in [0.5, 0.6) is 0 Å². The third kappa shape index (κ3) is 3.66. The molecule has 2 N–H and O–H groups in total. The van der Waals surface area contributed by atoms with Crippen LogP contribution in [0.15, 0.2) is 22.7 Å². The lowest BCUT2D eigenvalue weighted by molar-refractivity contribution is 0.0967. The molecule has 1 unspecified atom stereocenters. The van der Waals surface area contributed by atoms with Crippen LogP contribution in [0, 0.1) is 5.82 Å². The van der Waals surface area contributed by atoms with Crippen molar-refractivity contribution in [3.05, 3.63) is 34.1 Å². The summed E-state index contributed by atoms with van der Waals surface area (Å²) in [7, 11) is 4.26. The van der Waals surface area contributed by atoms with Crippen molar-refractivity contribution in [1.29, 1.82) is 0 Å². The summed E-state index contributed by atoms with van der Waals surface area (Å²) in [4.78, 5) is 2.30. The van der Waals surface area contributed by atoms with E-state index in [2.05, 4.69) is 34.9 Å². The second-order valence-electron chi connectivity index (χ2n) is 6.44. The molecule has 1 aromatic carbocycles. The average Bonchev–Trinajstić information content (AvgIpc) is 2.70. The van der Waals surface area contributed by atoms with E-state index in [1.165, 1.54) is 31.7 Å². The maximum atomic E-state index is 13.7. The van der Waals surface area contributed by atoms with Crippen molar-refractivity contribution in [1.82, 2.24) is 4.90 Å². The van der Waals surface area contributed by atoms with Gasteiger partial charge in [0.15, 0.2) is 0 Å². The first kappa shape index (κ1) is 16.9. The first-order valence-corrected chi connectivity index (χ1v) is 8.62. The van der Waals surface area contributed by atoms with Crippen molar-refractivity contribution < 1.29 is 4.39 Å². The largest absolute Gasteiger partial charge is 0.326 e. The van der Waals surface area contributed by atoms with E-state index in [-0.39, 0.29) is 17.4 Å². The standard InChI is InChI=1S/C17H26BrFN2/c1-21(2)17(10-5-3-4-6-11-17)15(20)12-13-8-7-9-14(19)16(13)18/h7-9,15H,3-6,10-12,20H2,1-2H3. The fourth-order valence-electron chi connectivity index (χ4n) is 3.62. The number of likely N-dealkylation sites (N-methyl/N-ethyl adjacent to an activating group) is 1. The van der Waals surface area contributed by atoms with E-state index in [9.17, 15) is 4.39 Å². The number of rotatable bonds is 4. The molecule has 1 aliphatic rings. The molecule has 0 aromatic heterocycles. The van der Waals surface area contributed by atoms with Gasteiger partial charge in [-0.15, -0.1) is 0 Å². The maximum absolute atomic E-state index is 13.7. The molecule has 1 atom stereocenters. The van der Waals surface area contributed by atoms with E-state index < -0.39 is 0 Å². The highest BCUT2D eigenvalue weighted by Gasteiger charge is 2.39. The summed E-state index contributed by atoms with van der Waals surface area (Å²) in [6, 6.07) is 5.22. The van der Waals surface area contributed by atoms with Gasteiger partial charge in [0.05, 0.1) is 4.47 Å². The lowest BCUT2D eigenvalue weighted by Crippen LogP contribution is -2.58. The first-order valence-electron chi connectivity index (χ1n) is 7.83. The van der Waals surface area contributed by atoms with Gasteiger partial charge in [0, 0.05) is 11.6 Å². The van der Waals surface area contributed by atoms with E-state index in [4.69, 9.17) is 5.73 Å². The van der Waals surface area contributed by atoms with Gasteiger partial charge in [-0.2, -0.15) is 0 Å². The number of hydrogen-bond donors (Lipinski definition) is 1. The molecule has 2 rings (SSSR count). The average molecular weight is 357 g/mol. The lowest BCUT2D eigenvalue weighted by atomic mass is 9.79. The molecule has 118 valence electrons. The van der Waals surface area contributed by atoms with Crippen LogP contribution in [0.2, 0.25) is 0 Å². The quantitative estimate of drug-likeness (QED) is 0.822. The van der Waals surface area contributed by atoms with Gasteiger partial charge in [0.1, 0.15) is 5.82 Å². The minimum absolute atomic E-state index is 0.0173. The summed E-state index contributed by atoms with van der Waals surface area (Å²) >= 11 is 3.36. The number of nitrogens with zero attached hydrogens (tertiary/aromatic N) is 1. The molecule has 0 amide bonds. The summed E-state index contributed by atoms with van der Waals surface area (Å²) < 4.78 is 14.3. The minimum atomic E-state index is -0.209. The minimum Gasteiger partial charge on any atom is -0.326 e. The summed E-state index contributed by atoms with van der Waals surface area (Å²) in [6.07, 6.45) is 8.03. The van der Waals surface area contributed by atoms with Crippen molar-refractivity contribution in [3.63, 3.8) is 0 Å². The Morgan fingerprint density at radius 1 is 1.24 bits per heavy atom. The van der Waals surface area contributed by atoms with E-state index in [0.29, 0.717) is 10.9 Å². The Hall–Kier alpha value is -0.450. The second-order valence-corrected chi connectivity index (χ2v) is 7.23. The molecule has 0 bridgehead atoms. The fraction of sp³-hybridized carbons (Fsp3) is 0.647. The van der Waals surface area contributed by atoms with Crippen molar-refractivity contribution in [3.8, 4) is 0 Å². The van der Waals surface area contributed by atoms with Crippen molar-refractivity contribution in [2.24, 2.45) is 5.73 Å². The van der Waals surface area contributed by atoms with Crippen LogP contribution in [0.3, 0.4) is 0 Å². The molecule has 0 aliphatic heterocycles. The maximum Gasteiger partial charge on any atom is 0.137 e. The summed E-state index contributed by atoms with van der Waals surface area (Å²) in [5.74, 6) is -0.209. The predicted molar refractivity (Wildman–Crippen MR) is 89.9 cm³/mol. The Balaban J connectivity index is 2.22. The van der Waals surface area contributed by atoms with Gasteiger partial charge in [0.2, 0.25) is 0 Å². The summed E-state index contributed by atoms with van der Waals surface area (Å²) in [6.45, 7) is 0. The molecule has 0 heterocycles. The molecular formula is C17H26BrFN2. The smallest absolute Gasteiger partial charge is 0.137 e. The van der Waals surface area contributed by atoms with Crippen LogP contribution in [0.25, 0.3) is 0 Å². The first-order chi connectivity index (χ1) is 9.97. The predicted octanol–water partition coefficient (Wildman–Crippen LogP) is 4.11. The number of benzene rings is 1. The van der Waals surface area contributed by atoms with Gasteiger partial charge in [0.25, 0.3) is 0 Å². The van der Waals surface area contributed by atoms with Gasteiger partial charge in [-0.3, -0.25) is 0 Å². The number of halogens is 2. The van der Waals surface area contributed by atoms with Crippen molar-refractivity contribution >= 4 is 15.9 Å². The van der Waals surface area contributed by atoms with E-state index in [1.807, 2.05) is 6.07 Å². The third-order valence-corrected chi connectivity index (χ3v) is 5.91. The summed E-state index contributed by atoms with van der Waals surface area (Å²) in [5, 5.41) is 0. The van der Waals surface area contributed by atoms with Gasteiger partial charge in [-0.05, 0) is 60.9 Å². The lowest BCUT2D eigenvalue weighted by Gasteiger charge is -2.44. The normalized spacial score (nSPS) is 20.3. The Bertz CT molecular complexity index is 468. The Morgan fingerprint density at radius 2 is 1.86 bits per heavy atom. The molecule has 4 heteroatoms. The van der Waals surface area contributed by atoms with E-state index in [1.54, 1.807) is 6.07 Å². The van der Waals surface area contributed by atoms with Gasteiger partial charge < -0.3 is 10.6 Å². The monoisotopic (exact) mass is 356 g/mol. The van der Waals surface area contributed by atoms with Crippen LogP contribution in [0.4, 0.5) is 4.39 Å². The van der Waals surface area contributed by atoms with Gasteiger partial charge in [-0.25, -0.2) is 4.39 Å². The molecule has 1 aliphatic carbocycles. The van der Waals surface area contributed by atoms with Crippen molar-refractivity contribution in [2.75, 3.05) is 14.1 Å². The Morgan fingerprint density at radius 3 is 2.43 bits per heavy atom. The molecular weight excluding hydrogens is 331 g/mol. The molecule has 0 saturated heterocycles. The van der Waals surface area contributed by atoms with Crippen LogP contribution < -0.4 is 5.73 Å². The van der Waals surface area contributed by atoms with Crippen LogP contribution >= 0.6 is 15.9 Å². The highest BCUT2D eigenvalue weighted by molar-refractivity contribution is 9.10. The van der Waals surface area contributed by atoms with Gasteiger partial charge >= 0.3 is 0 Å². The molecule has 1 fully saturated rings. The SMILES string of the molecule is CN(C)C1(C(N)Cc2cccc(F)c2Br)CCCCCC1. The highest BCUT2D eigenvalue weighted by atomic mass is 79.9. The third-order valence-electron chi connectivity index (χ3n) is 5.02. The molecule has 21 heavy (non-hydrogen) atoms.